The molecule has 6 heteroatoms. The molecule has 1 fully saturated rings. The van der Waals surface area contributed by atoms with E-state index >= 15 is 0 Å². The van der Waals surface area contributed by atoms with Gasteiger partial charge in [-0.2, -0.15) is 0 Å². The van der Waals surface area contributed by atoms with Gasteiger partial charge < -0.3 is 18.9 Å². The van der Waals surface area contributed by atoms with Crippen LogP contribution in [0.1, 0.15) is 16.7 Å². The Labute approximate surface area is 195 Å². The minimum absolute atomic E-state index is 0.101. The number of fused-ring (bicyclic) bond motifs is 2. The number of nitrogens with zero attached hydrogens (tertiary/aromatic N) is 3. The lowest BCUT2D eigenvalue weighted by atomic mass is 10.1. The number of benzene rings is 2. The molecular weight excluding hydrogens is 414 g/mol. The quantitative estimate of drug-likeness (QED) is 0.581. The summed E-state index contributed by atoms with van der Waals surface area (Å²) < 4.78 is 13.3. The fraction of sp³-hybridized carbons (Fsp3) is 0.444. The lowest BCUT2D eigenvalue weighted by Gasteiger charge is -2.35. The van der Waals surface area contributed by atoms with E-state index in [1.807, 2.05) is 17.6 Å². The van der Waals surface area contributed by atoms with Crippen LogP contribution in [0.25, 0.3) is 10.9 Å². The van der Waals surface area contributed by atoms with Crippen molar-refractivity contribution in [3.8, 4) is 11.5 Å². The van der Waals surface area contributed by atoms with E-state index in [1.165, 1.54) is 16.5 Å². The molecule has 1 saturated heterocycles. The zero-order valence-corrected chi connectivity index (χ0v) is 19.7. The predicted octanol–water partition coefficient (Wildman–Crippen LogP) is 3.25. The zero-order valence-electron chi connectivity index (χ0n) is 19.7. The Balaban J connectivity index is 1.14. The van der Waals surface area contributed by atoms with Crippen LogP contribution in [0, 0.1) is 13.8 Å². The van der Waals surface area contributed by atoms with Crippen LogP contribution in [0.4, 0.5) is 0 Å². The highest BCUT2D eigenvalue weighted by molar-refractivity contribution is 5.83. The molecule has 0 aliphatic carbocycles. The summed E-state index contributed by atoms with van der Waals surface area (Å²) in [7, 11) is 0. The summed E-state index contributed by atoms with van der Waals surface area (Å²) in [5, 5.41) is 1.17. The van der Waals surface area contributed by atoms with Gasteiger partial charge in [0, 0.05) is 57.3 Å². The van der Waals surface area contributed by atoms with E-state index in [0.717, 1.165) is 74.8 Å². The minimum atomic E-state index is 0.101. The van der Waals surface area contributed by atoms with Crippen molar-refractivity contribution in [2.75, 3.05) is 52.5 Å². The van der Waals surface area contributed by atoms with E-state index < -0.39 is 0 Å². The highest BCUT2D eigenvalue weighted by atomic mass is 16.6. The SMILES string of the molecule is Cc1ccc2c(C)cc(=O)n(CCN3CCN(CCc4ccc5c(c4)OCCO5)CC3)c2c1. The second-order valence-corrected chi connectivity index (χ2v) is 9.25. The third kappa shape index (κ3) is 4.92. The lowest BCUT2D eigenvalue weighted by Crippen LogP contribution is -2.48. The number of pyridine rings is 1. The fourth-order valence-corrected chi connectivity index (χ4v) is 4.90. The number of piperazine rings is 1. The number of rotatable bonds is 6. The number of ether oxygens (including phenoxy) is 2. The molecule has 0 spiro atoms. The van der Waals surface area contributed by atoms with Gasteiger partial charge in [-0.3, -0.25) is 9.69 Å². The van der Waals surface area contributed by atoms with E-state index in [2.05, 4.69) is 47.1 Å². The van der Waals surface area contributed by atoms with E-state index in [-0.39, 0.29) is 5.56 Å². The molecule has 0 radical (unpaired) electrons. The topological polar surface area (TPSA) is 46.9 Å². The second-order valence-electron chi connectivity index (χ2n) is 9.25. The van der Waals surface area contributed by atoms with Crippen molar-refractivity contribution in [3.63, 3.8) is 0 Å². The Morgan fingerprint density at radius 3 is 2.30 bits per heavy atom. The average molecular weight is 448 g/mol. The minimum Gasteiger partial charge on any atom is -0.486 e. The van der Waals surface area contributed by atoms with Crippen LogP contribution in [-0.4, -0.2) is 66.8 Å². The molecule has 6 nitrogen and oxygen atoms in total. The van der Waals surface area contributed by atoms with Crippen molar-refractivity contribution < 1.29 is 9.47 Å². The number of aromatic nitrogens is 1. The Kier molecular flexibility index (Phi) is 6.38. The summed E-state index contributed by atoms with van der Waals surface area (Å²) in [5.41, 5.74) is 4.69. The maximum absolute atomic E-state index is 12.7. The van der Waals surface area contributed by atoms with E-state index in [9.17, 15) is 4.79 Å². The first-order chi connectivity index (χ1) is 16.1. The van der Waals surface area contributed by atoms with Gasteiger partial charge in [-0.15, -0.1) is 0 Å². The molecule has 33 heavy (non-hydrogen) atoms. The first kappa shape index (κ1) is 22.0. The Morgan fingerprint density at radius 1 is 0.788 bits per heavy atom. The van der Waals surface area contributed by atoms with E-state index in [0.29, 0.717) is 13.2 Å². The summed E-state index contributed by atoms with van der Waals surface area (Å²) in [6.45, 7) is 12.3. The molecule has 2 aliphatic heterocycles. The molecule has 0 unspecified atom stereocenters. The Bertz CT molecular complexity index is 1200. The fourth-order valence-electron chi connectivity index (χ4n) is 4.90. The molecule has 1 aromatic heterocycles. The monoisotopic (exact) mass is 447 g/mol. The molecule has 174 valence electrons. The van der Waals surface area contributed by atoms with Crippen molar-refractivity contribution in [1.29, 1.82) is 0 Å². The standard InChI is InChI=1S/C27H33N3O3/c1-20-3-5-23-21(2)18-27(31)30(24(23)17-20)14-13-29-11-9-28(10-12-29)8-7-22-4-6-25-26(19-22)33-16-15-32-25/h3-6,17-19H,7-16H2,1-2H3. The van der Waals surface area contributed by atoms with Crippen molar-refractivity contribution in [3.05, 3.63) is 69.5 Å². The van der Waals surface area contributed by atoms with Crippen LogP contribution in [0.2, 0.25) is 0 Å². The van der Waals surface area contributed by atoms with Gasteiger partial charge >= 0.3 is 0 Å². The molecule has 0 bridgehead atoms. The highest BCUT2D eigenvalue weighted by Crippen LogP contribution is 2.31. The summed E-state index contributed by atoms with van der Waals surface area (Å²) in [6.07, 6.45) is 1.01. The van der Waals surface area contributed by atoms with Gasteiger partial charge in [0.15, 0.2) is 11.5 Å². The first-order valence-corrected chi connectivity index (χ1v) is 12.0. The number of hydrogen-bond acceptors (Lipinski definition) is 5. The number of hydrogen-bond donors (Lipinski definition) is 0. The molecule has 5 rings (SSSR count). The van der Waals surface area contributed by atoms with Gasteiger partial charge in [0.1, 0.15) is 13.2 Å². The summed E-state index contributed by atoms with van der Waals surface area (Å²) in [4.78, 5) is 17.7. The summed E-state index contributed by atoms with van der Waals surface area (Å²) in [5.74, 6) is 1.73. The Morgan fingerprint density at radius 2 is 1.52 bits per heavy atom. The average Bonchev–Trinajstić information content (AvgIpc) is 2.83. The van der Waals surface area contributed by atoms with Crippen molar-refractivity contribution in [1.82, 2.24) is 14.4 Å². The zero-order chi connectivity index (χ0) is 22.8. The molecular formula is C27H33N3O3. The first-order valence-electron chi connectivity index (χ1n) is 12.0. The van der Waals surface area contributed by atoms with E-state index in [1.54, 1.807) is 6.07 Å². The largest absolute Gasteiger partial charge is 0.486 e. The van der Waals surface area contributed by atoms with Gasteiger partial charge in [0.2, 0.25) is 0 Å². The van der Waals surface area contributed by atoms with Gasteiger partial charge in [0.05, 0.1) is 5.52 Å². The second kappa shape index (κ2) is 9.57. The molecule has 2 aliphatic rings. The molecule has 3 heterocycles. The summed E-state index contributed by atoms with van der Waals surface area (Å²) >= 11 is 0. The maximum Gasteiger partial charge on any atom is 0.251 e. The molecule has 0 saturated carbocycles. The smallest absolute Gasteiger partial charge is 0.251 e. The number of aryl methyl sites for hydroxylation is 2. The summed E-state index contributed by atoms with van der Waals surface area (Å²) in [6, 6.07) is 14.5. The third-order valence-electron chi connectivity index (χ3n) is 6.90. The van der Waals surface area contributed by atoms with Gasteiger partial charge in [-0.25, -0.2) is 0 Å². The third-order valence-corrected chi connectivity index (χ3v) is 6.90. The van der Waals surface area contributed by atoms with Crippen molar-refractivity contribution >= 4 is 10.9 Å². The van der Waals surface area contributed by atoms with Crippen molar-refractivity contribution in [2.45, 2.75) is 26.8 Å². The van der Waals surface area contributed by atoms with Crippen LogP contribution in [-0.2, 0) is 13.0 Å². The highest BCUT2D eigenvalue weighted by Gasteiger charge is 2.18. The molecule has 0 atom stereocenters. The maximum atomic E-state index is 12.7. The Hall–Kier alpha value is -2.83. The lowest BCUT2D eigenvalue weighted by molar-refractivity contribution is 0.130. The molecule has 3 aromatic rings. The normalized spacial score (nSPS) is 16.9. The molecule has 0 N–H and O–H groups in total. The van der Waals surface area contributed by atoms with Crippen LogP contribution >= 0.6 is 0 Å². The van der Waals surface area contributed by atoms with Crippen LogP contribution in [0.5, 0.6) is 11.5 Å². The van der Waals surface area contributed by atoms with Crippen LogP contribution in [0.3, 0.4) is 0 Å². The van der Waals surface area contributed by atoms with Gasteiger partial charge in [-0.05, 0) is 55.2 Å². The van der Waals surface area contributed by atoms with Crippen molar-refractivity contribution in [2.24, 2.45) is 0 Å². The molecule has 2 aromatic carbocycles. The van der Waals surface area contributed by atoms with Gasteiger partial charge in [0.25, 0.3) is 5.56 Å². The van der Waals surface area contributed by atoms with E-state index in [4.69, 9.17) is 9.47 Å². The van der Waals surface area contributed by atoms with Gasteiger partial charge in [-0.1, -0.05) is 18.2 Å². The van der Waals surface area contributed by atoms with Crippen LogP contribution < -0.4 is 15.0 Å². The predicted molar refractivity (Wildman–Crippen MR) is 132 cm³/mol. The molecule has 0 amide bonds. The van der Waals surface area contributed by atoms with Crippen LogP contribution in [0.15, 0.2) is 47.3 Å².